The third-order valence-corrected chi connectivity index (χ3v) is 2.43. The van der Waals surface area contributed by atoms with Crippen LogP contribution in [0.5, 0.6) is 6.01 Å². The molecule has 0 aliphatic rings. The Morgan fingerprint density at radius 2 is 2.16 bits per heavy atom. The normalized spacial score (nSPS) is 11.5. The standard InChI is InChI=1S/C12H20N6O/c1-5-6-14-10-15-11(17-12(16-10)19-4)18(3)8-9(2)7-13/h9H,5-6,8H2,1-4H3,(H,14,15,16,17). The molecule has 0 spiro atoms. The molecule has 0 aliphatic heterocycles. The smallest absolute Gasteiger partial charge is 0.322 e. The monoisotopic (exact) mass is 264 g/mol. The highest BCUT2D eigenvalue weighted by atomic mass is 16.5. The van der Waals surface area contributed by atoms with Crippen molar-refractivity contribution in [2.75, 3.05) is 37.5 Å². The van der Waals surface area contributed by atoms with E-state index < -0.39 is 0 Å². The number of ether oxygens (including phenoxy) is 1. The quantitative estimate of drug-likeness (QED) is 0.794. The fourth-order valence-electron chi connectivity index (χ4n) is 1.46. The molecule has 1 heterocycles. The average Bonchev–Trinajstić information content (AvgIpc) is 2.44. The zero-order chi connectivity index (χ0) is 14.3. The first kappa shape index (κ1) is 15.0. The van der Waals surface area contributed by atoms with Gasteiger partial charge in [-0.15, -0.1) is 0 Å². The molecule has 7 nitrogen and oxygen atoms in total. The molecule has 0 amide bonds. The first-order valence-corrected chi connectivity index (χ1v) is 6.25. The van der Waals surface area contributed by atoms with Gasteiger partial charge in [0.25, 0.3) is 0 Å². The molecule has 0 bridgehead atoms. The summed E-state index contributed by atoms with van der Waals surface area (Å²) >= 11 is 0. The van der Waals surface area contributed by atoms with Gasteiger partial charge in [-0.25, -0.2) is 0 Å². The highest BCUT2D eigenvalue weighted by molar-refractivity contribution is 5.37. The van der Waals surface area contributed by atoms with Gasteiger partial charge in [-0.3, -0.25) is 0 Å². The fraction of sp³-hybridized carbons (Fsp3) is 0.667. The number of hydrogen-bond donors (Lipinski definition) is 1. The van der Waals surface area contributed by atoms with Crippen LogP contribution >= 0.6 is 0 Å². The number of nitriles is 1. The molecule has 0 saturated heterocycles. The first-order chi connectivity index (χ1) is 9.10. The van der Waals surface area contributed by atoms with Crippen LogP contribution in [0.4, 0.5) is 11.9 Å². The Kier molecular flexibility index (Phi) is 5.79. The molecule has 0 aromatic carbocycles. The largest absolute Gasteiger partial charge is 0.467 e. The SMILES string of the molecule is CCCNc1nc(OC)nc(N(C)CC(C)C#N)n1. The number of nitrogens with one attached hydrogen (secondary N) is 1. The van der Waals surface area contributed by atoms with E-state index in [0.717, 1.165) is 13.0 Å². The Balaban J connectivity index is 2.89. The summed E-state index contributed by atoms with van der Waals surface area (Å²) in [6.45, 7) is 5.25. The molecule has 1 aromatic heterocycles. The van der Waals surface area contributed by atoms with Gasteiger partial charge >= 0.3 is 6.01 Å². The highest BCUT2D eigenvalue weighted by Crippen LogP contribution is 2.14. The number of hydrogen-bond acceptors (Lipinski definition) is 7. The molecule has 1 unspecified atom stereocenters. The van der Waals surface area contributed by atoms with Crippen LogP contribution in [0.25, 0.3) is 0 Å². The van der Waals surface area contributed by atoms with Crippen molar-refractivity contribution in [2.45, 2.75) is 20.3 Å². The van der Waals surface area contributed by atoms with E-state index in [4.69, 9.17) is 10.00 Å². The molecule has 1 atom stereocenters. The average molecular weight is 264 g/mol. The summed E-state index contributed by atoms with van der Waals surface area (Å²) in [7, 11) is 3.35. The van der Waals surface area contributed by atoms with Crippen LogP contribution in [0, 0.1) is 17.2 Å². The molecule has 19 heavy (non-hydrogen) atoms. The fourth-order valence-corrected chi connectivity index (χ4v) is 1.46. The van der Waals surface area contributed by atoms with Crippen molar-refractivity contribution in [1.29, 1.82) is 5.26 Å². The lowest BCUT2D eigenvalue weighted by molar-refractivity contribution is 0.378. The van der Waals surface area contributed by atoms with E-state index in [1.165, 1.54) is 7.11 Å². The first-order valence-electron chi connectivity index (χ1n) is 6.25. The molecule has 0 saturated carbocycles. The molecule has 0 aliphatic carbocycles. The predicted molar refractivity (Wildman–Crippen MR) is 73.2 cm³/mol. The van der Waals surface area contributed by atoms with Gasteiger partial charge in [-0.1, -0.05) is 6.92 Å². The van der Waals surface area contributed by atoms with Crippen LogP contribution in [0.1, 0.15) is 20.3 Å². The van der Waals surface area contributed by atoms with Gasteiger partial charge < -0.3 is 15.0 Å². The summed E-state index contributed by atoms with van der Waals surface area (Å²) in [5.74, 6) is 0.882. The van der Waals surface area contributed by atoms with Gasteiger partial charge in [0.1, 0.15) is 0 Å². The molecule has 104 valence electrons. The van der Waals surface area contributed by atoms with Crippen LogP contribution in [0.3, 0.4) is 0 Å². The van der Waals surface area contributed by atoms with E-state index in [-0.39, 0.29) is 11.9 Å². The predicted octanol–water partition coefficient (Wildman–Crippen LogP) is 1.30. The second kappa shape index (κ2) is 7.36. The summed E-state index contributed by atoms with van der Waals surface area (Å²) in [6.07, 6.45) is 0.977. The minimum atomic E-state index is -0.0974. The van der Waals surface area contributed by atoms with Gasteiger partial charge in [-0.05, 0) is 13.3 Å². The number of nitrogens with zero attached hydrogens (tertiary/aromatic N) is 5. The van der Waals surface area contributed by atoms with E-state index in [9.17, 15) is 0 Å². The molecular weight excluding hydrogens is 244 g/mol. The Hall–Kier alpha value is -2.10. The van der Waals surface area contributed by atoms with E-state index in [1.54, 1.807) is 0 Å². The molecule has 7 heteroatoms. The van der Waals surface area contributed by atoms with Gasteiger partial charge in [0, 0.05) is 20.1 Å². The molecule has 0 radical (unpaired) electrons. The van der Waals surface area contributed by atoms with E-state index >= 15 is 0 Å². The van der Waals surface area contributed by atoms with Crippen LogP contribution in [-0.2, 0) is 0 Å². The summed E-state index contributed by atoms with van der Waals surface area (Å²) in [5, 5.41) is 11.9. The minimum absolute atomic E-state index is 0.0974. The van der Waals surface area contributed by atoms with Crippen molar-refractivity contribution in [1.82, 2.24) is 15.0 Å². The third-order valence-electron chi connectivity index (χ3n) is 2.43. The van der Waals surface area contributed by atoms with Gasteiger partial charge in [-0.2, -0.15) is 20.2 Å². The molecule has 0 fully saturated rings. The minimum Gasteiger partial charge on any atom is -0.467 e. The lowest BCUT2D eigenvalue weighted by atomic mass is 10.2. The Bertz CT molecular complexity index is 444. The zero-order valence-electron chi connectivity index (χ0n) is 11.8. The van der Waals surface area contributed by atoms with E-state index in [2.05, 4.69) is 33.3 Å². The Labute approximate surface area is 113 Å². The zero-order valence-corrected chi connectivity index (χ0v) is 11.8. The van der Waals surface area contributed by atoms with Crippen LogP contribution in [0.15, 0.2) is 0 Å². The lowest BCUT2D eigenvalue weighted by Gasteiger charge is -2.18. The van der Waals surface area contributed by atoms with E-state index in [1.807, 2.05) is 18.9 Å². The second-order valence-electron chi connectivity index (χ2n) is 4.28. The maximum absolute atomic E-state index is 8.84. The van der Waals surface area contributed by atoms with Crippen LogP contribution < -0.4 is 15.0 Å². The topological polar surface area (TPSA) is 87.0 Å². The number of methoxy groups -OCH3 is 1. The van der Waals surface area contributed by atoms with Gasteiger partial charge in [0.2, 0.25) is 11.9 Å². The molecule has 1 aromatic rings. The van der Waals surface area contributed by atoms with Crippen molar-refractivity contribution in [2.24, 2.45) is 5.92 Å². The second-order valence-corrected chi connectivity index (χ2v) is 4.28. The summed E-state index contributed by atoms with van der Waals surface area (Å²) in [5.41, 5.74) is 0. The van der Waals surface area contributed by atoms with Crippen molar-refractivity contribution in [3.8, 4) is 12.1 Å². The summed E-state index contributed by atoms with van der Waals surface area (Å²) < 4.78 is 5.06. The van der Waals surface area contributed by atoms with Crippen molar-refractivity contribution < 1.29 is 4.74 Å². The Morgan fingerprint density at radius 1 is 1.42 bits per heavy atom. The van der Waals surface area contributed by atoms with Crippen molar-refractivity contribution in [3.63, 3.8) is 0 Å². The molecule has 1 rings (SSSR count). The number of anilines is 2. The summed E-state index contributed by atoms with van der Waals surface area (Å²) in [4.78, 5) is 14.4. The van der Waals surface area contributed by atoms with Crippen LogP contribution in [-0.4, -0.2) is 42.2 Å². The van der Waals surface area contributed by atoms with Crippen molar-refractivity contribution >= 4 is 11.9 Å². The Morgan fingerprint density at radius 3 is 2.74 bits per heavy atom. The maximum atomic E-state index is 8.84. The van der Waals surface area contributed by atoms with E-state index in [0.29, 0.717) is 18.4 Å². The van der Waals surface area contributed by atoms with Crippen molar-refractivity contribution in [3.05, 3.63) is 0 Å². The highest BCUT2D eigenvalue weighted by Gasteiger charge is 2.12. The van der Waals surface area contributed by atoms with Gasteiger partial charge in [0.15, 0.2) is 0 Å². The lowest BCUT2D eigenvalue weighted by Crippen LogP contribution is -2.26. The molecule has 1 N–H and O–H groups in total. The third kappa shape index (κ3) is 4.58. The van der Waals surface area contributed by atoms with Gasteiger partial charge in [0.05, 0.1) is 19.1 Å². The number of rotatable bonds is 7. The maximum Gasteiger partial charge on any atom is 0.322 e. The number of aromatic nitrogens is 3. The summed E-state index contributed by atoms with van der Waals surface area (Å²) in [6, 6.07) is 2.45. The van der Waals surface area contributed by atoms with Crippen LogP contribution in [0.2, 0.25) is 0 Å². The molecular formula is C12H20N6O.